The lowest BCUT2D eigenvalue weighted by Crippen LogP contribution is -2.61. The number of benzene rings is 9. The molecule has 0 radical (unpaired) electrons. The van der Waals surface area contributed by atoms with Crippen molar-refractivity contribution in [2.24, 2.45) is 0 Å². The number of para-hydroxylation sites is 4. The number of hydrogen-bond donors (Lipinski definition) is 0. The molecule has 0 spiro atoms. The lowest BCUT2D eigenvalue weighted by atomic mass is 9.29. The van der Waals surface area contributed by atoms with E-state index >= 15 is 0 Å². The molecule has 2 heterocycles. The number of anilines is 6. The second-order valence-corrected chi connectivity index (χ2v) is 14.8. The van der Waals surface area contributed by atoms with E-state index < -0.39 is 0 Å². The Labute approximate surface area is 322 Å². The standard InChI is InChI=1S/C52H37BN2/c1-5-20-40(21-6-1)54(41-22-7-2-8-23-41)48-34-38-32-36-18-17-19-37-33-39-35-49(55(42-24-9-3-10-25-42)43-26-11-4-12-27-43)45-29-14-16-31-47(45)52(39)53(50(36)37)51(38)46-30-15-13-28-44(46)48/h1-31,34-35H,32-33H2. The first-order chi connectivity index (χ1) is 27.3. The van der Waals surface area contributed by atoms with E-state index in [4.69, 9.17) is 0 Å². The normalized spacial score (nSPS) is 12.5. The molecule has 11 rings (SSSR count). The molecule has 0 atom stereocenters. The molecule has 0 N–H and O–H groups in total. The Hall–Kier alpha value is -6.84. The van der Waals surface area contributed by atoms with Crippen molar-refractivity contribution in [1.29, 1.82) is 0 Å². The molecule has 0 unspecified atom stereocenters. The summed E-state index contributed by atoms with van der Waals surface area (Å²) in [6, 6.07) is 73.6. The molecular formula is C52H37BN2. The Morgan fingerprint density at radius 3 is 0.982 bits per heavy atom. The first-order valence-corrected chi connectivity index (χ1v) is 19.3. The maximum absolute atomic E-state index is 2.50. The molecule has 0 saturated heterocycles. The lowest BCUT2D eigenvalue weighted by molar-refractivity contribution is 1.15. The van der Waals surface area contributed by atoms with Crippen molar-refractivity contribution in [3.63, 3.8) is 0 Å². The first-order valence-electron chi connectivity index (χ1n) is 19.3. The average Bonchev–Trinajstić information content (AvgIpc) is 3.25. The topological polar surface area (TPSA) is 6.48 Å². The molecule has 2 nitrogen and oxygen atoms in total. The maximum Gasteiger partial charge on any atom is 0.244 e. The quantitative estimate of drug-likeness (QED) is 0.159. The van der Waals surface area contributed by atoms with Gasteiger partial charge in [0.1, 0.15) is 0 Å². The monoisotopic (exact) mass is 700 g/mol. The highest BCUT2D eigenvalue weighted by molar-refractivity contribution is 7.00. The molecule has 0 fully saturated rings. The van der Waals surface area contributed by atoms with Gasteiger partial charge in [0.2, 0.25) is 6.71 Å². The Balaban J connectivity index is 1.19. The number of hydrogen-bond acceptors (Lipinski definition) is 2. The van der Waals surface area contributed by atoms with E-state index in [0.717, 1.165) is 35.6 Å². The minimum absolute atomic E-state index is 0.111. The minimum Gasteiger partial charge on any atom is -0.310 e. The minimum atomic E-state index is 0.111. The van der Waals surface area contributed by atoms with Crippen LogP contribution in [-0.2, 0) is 12.8 Å². The summed E-state index contributed by atoms with van der Waals surface area (Å²) in [4.78, 5) is 4.87. The molecular weight excluding hydrogens is 663 g/mol. The molecule has 9 aromatic rings. The van der Waals surface area contributed by atoms with Gasteiger partial charge in [0.05, 0.1) is 11.4 Å². The number of fused-ring (bicyclic) bond motifs is 8. The second-order valence-electron chi connectivity index (χ2n) is 14.8. The molecule has 0 amide bonds. The van der Waals surface area contributed by atoms with Crippen LogP contribution in [-0.4, -0.2) is 6.71 Å². The van der Waals surface area contributed by atoms with Crippen LogP contribution in [0.15, 0.2) is 200 Å². The largest absolute Gasteiger partial charge is 0.310 e. The predicted molar refractivity (Wildman–Crippen MR) is 234 cm³/mol. The molecule has 2 aliphatic rings. The SMILES string of the molecule is c1ccc(N(c2ccccc2)c2cc3c(c4ccccc24)B2c4c(cccc4Cc4cc(N(c5ccccc5)c5ccccc5)c5ccccc5c42)C3)cc1. The van der Waals surface area contributed by atoms with Gasteiger partial charge < -0.3 is 9.80 Å². The van der Waals surface area contributed by atoms with Gasteiger partial charge in [-0.25, -0.2) is 0 Å². The fourth-order valence-electron chi connectivity index (χ4n) is 9.57. The van der Waals surface area contributed by atoms with Gasteiger partial charge in [0.15, 0.2) is 0 Å². The zero-order valence-electron chi connectivity index (χ0n) is 30.4. The van der Waals surface area contributed by atoms with Crippen LogP contribution in [0.1, 0.15) is 22.3 Å². The lowest BCUT2D eigenvalue weighted by Gasteiger charge is -2.38. The Kier molecular flexibility index (Phi) is 7.45. The molecule has 0 bridgehead atoms. The third kappa shape index (κ3) is 5.11. The van der Waals surface area contributed by atoms with Gasteiger partial charge in [-0.3, -0.25) is 0 Å². The van der Waals surface area contributed by atoms with Crippen LogP contribution in [0.3, 0.4) is 0 Å². The Bertz CT molecular complexity index is 2600. The van der Waals surface area contributed by atoms with Gasteiger partial charge in [-0.1, -0.05) is 156 Å². The summed E-state index contributed by atoms with van der Waals surface area (Å²) in [6.45, 7) is 0.111. The van der Waals surface area contributed by atoms with E-state index in [1.165, 1.54) is 71.6 Å². The van der Waals surface area contributed by atoms with Crippen molar-refractivity contribution < 1.29 is 0 Å². The molecule has 3 heteroatoms. The van der Waals surface area contributed by atoms with E-state index in [1.54, 1.807) is 0 Å². The Morgan fingerprint density at radius 2 is 0.618 bits per heavy atom. The fraction of sp³-hybridized carbons (Fsp3) is 0.0385. The fourth-order valence-corrected chi connectivity index (χ4v) is 9.57. The highest BCUT2D eigenvalue weighted by Gasteiger charge is 2.40. The van der Waals surface area contributed by atoms with Crippen LogP contribution < -0.4 is 26.2 Å². The zero-order valence-corrected chi connectivity index (χ0v) is 30.4. The van der Waals surface area contributed by atoms with Crippen LogP contribution in [0.2, 0.25) is 0 Å². The van der Waals surface area contributed by atoms with E-state index in [-0.39, 0.29) is 6.71 Å². The summed E-state index contributed by atoms with van der Waals surface area (Å²) < 4.78 is 0. The molecule has 2 aliphatic heterocycles. The molecule has 0 saturated carbocycles. The van der Waals surface area contributed by atoms with E-state index in [1.807, 2.05) is 0 Å². The summed E-state index contributed by atoms with van der Waals surface area (Å²) in [6.07, 6.45) is 1.82. The molecule has 258 valence electrons. The van der Waals surface area contributed by atoms with E-state index in [2.05, 4.69) is 210 Å². The van der Waals surface area contributed by atoms with E-state index in [9.17, 15) is 0 Å². The van der Waals surface area contributed by atoms with E-state index in [0.29, 0.717) is 0 Å². The molecule has 55 heavy (non-hydrogen) atoms. The first kappa shape index (κ1) is 31.7. The Morgan fingerprint density at radius 1 is 0.291 bits per heavy atom. The van der Waals surface area contributed by atoms with Crippen LogP contribution in [0.4, 0.5) is 34.1 Å². The predicted octanol–water partition coefficient (Wildman–Crippen LogP) is 11.3. The van der Waals surface area contributed by atoms with Gasteiger partial charge in [-0.05, 0) is 107 Å². The number of nitrogens with zero attached hydrogens (tertiary/aromatic N) is 2. The third-order valence-electron chi connectivity index (χ3n) is 11.8. The summed E-state index contributed by atoms with van der Waals surface area (Å²) in [5.41, 5.74) is 17.1. The zero-order chi connectivity index (χ0) is 36.3. The summed E-state index contributed by atoms with van der Waals surface area (Å²) in [5.74, 6) is 0. The van der Waals surface area contributed by atoms with Crippen LogP contribution in [0, 0.1) is 0 Å². The second kappa shape index (κ2) is 12.9. The van der Waals surface area contributed by atoms with Gasteiger partial charge in [-0.2, -0.15) is 0 Å². The third-order valence-corrected chi connectivity index (χ3v) is 11.8. The van der Waals surface area contributed by atoms with Gasteiger partial charge in [-0.15, -0.1) is 0 Å². The van der Waals surface area contributed by atoms with Gasteiger partial charge in [0.25, 0.3) is 0 Å². The molecule has 9 aromatic carbocycles. The van der Waals surface area contributed by atoms with Gasteiger partial charge >= 0.3 is 0 Å². The smallest absolute Gasteiger partial charge is 0.244 e. The van der Waals surface area contributed by atoms with Gasteiger partial charge in [0, 0.05) is 33.5 Å². The summed E-state index contributed by atoms with van der Waals surface area (Å²) in [7, 11) is 0. The summed E-state index contributed by atoms with van der Waals surface area (Å²) in [5, 5.41) is 5.19. The summed E-state index contributed by atoms with van der Waals surface area (Å²) >= 11 is 0. The van der Waals surface area contributed by atoms with Crippen molar-refractivity contribution >= 4 is 78.8 Å². The highest BCUT2D eigenvalue weighted by atomic mass is 15.1. The van der Waals surface area contributed by atoms with Crippen molar-refractivity contribution in [3.05, 3.63) is 222 Å². The number of rotatable bonds is 6. The van der Waals surface area contributed by atoms with Crippen molar-refractivity contribution in [2.45, 2.75) is 12.8 Å². The van der Waals surface area contributed by atoms with Crippen molar-refractivity contribution in [2.75, 3.05) is 9.80 Å². The van der Waals surface area contributed by atoms with Crippen molar-refractivity contribution in [1.82, 2.24) is 0 Å². The van der Waals surface area contributed by atoms with Crippen LogP contribution in [0.25, 0.3) is 21.5 Å². The molecule has 0 aliphatic carbocycles. The molecule has 0 aromatic heterocycles. The van der Waals surface area contributed by atoms with Crippen LogP contribution >= 0.6 is 0 Å². The highest BCUT2D eigenvalue weighted by Crippen LogP contribution is 2.43. The average molecular weight is 701 g/mol. The van der Waals surface area contributed by atoms with Crippen LogP contribution in [0.5, 0.6) is 0 Å². The van der Waals surface area contributed by atoms with Crippen molar-refractivity contribution in [3.8, 4) is 0 Å². The maximum atomic E-state index is 2.50.